The molecule has 0 saturated carbocycles. The molecule has 2 rings (SSSR count). The van der Waals surface area contributed by atoms with E-state index in [1.165, 1.54) is 6.07 Å². The van der Waals surface area contributed by atoms with Gasteiger partial charge in [-0.25, -0.2) is 0 Å². The van der Waals surface area contributed by atoms with Crippen molar-refractivity contribution in [3.05, 3.63) is 28.9 Å². The summed E-state index contributed by atoms with van der Waals surface area (Å²) in [4.78, 5) is 0. The molecular formula is C10H7FN2S. The predicted octanol–water partition coefficient (Wildman–Crippen LogP) is 2.69. The molecule has 1 aromatic carbocycles. The van der Waals surface area contributed by atoms with E-state index in [1.54, 1.807) is 12.1 Å². The second kappa shape index (κ2) is 3.28. The van der Waals surface area contributed by atoms with Gasteiger partial charge in [0.2, 0.25) is 0 Å². The third kappa shape index (κ3) is 1.32. The van der Waals surface area contributed by atoms with E-state index >= 15 is 0 Å². The molecule has 0 aliphatic carbocycles. The Bertz CT molecular complexity index is 525. The van der Waals surface area contributed by atoms with Gasteiger partial charge in [-0.05, 0) is 23.8 Å². The van der Waals surface area contributed by atoms with Gasteiger partial charge in [-0.3, -0.25) is 0 Å². The number of rotatable bonds is 1. The molecule has 0 amide bonds. The summed E-state index contributed by atoms with van der Waals surface area (Å²) >= 11 is 1.07. The van der Waals surface area contributed by atoms with Crippen LogP contribution in [-0.4, -0.2) is 0 Å². The van der Waals surface area contributed by atoms with Crippen molar-refractivity contribution in [3.8, 4) is 6.07 Å². The lowest BCUT2D eigenvalue weighted by molar-refractivity contribution is 0.658. The number of anilines is 1. The van der Waals surface area contributed by atoms with Gasteiger partial charge in [-0.2, -0.15) is 9.65 Å². The molecule has 2 aromatic rings. The van der Waals surface area contributed by atoms with Gasteiger partial charge in [0, 0.05) is 15.8 Å². The first kappa shape index (κ1) is 8.97. The number of nitrogens with two attached hydrogens (primary N) is 1. The standard InChI is InChI=1S/C10H7FN2S/c11-10-5-7-6(3-4-12)8(13)1-2-9(7)14-10/h1-2,5H,3,13H2. The molecule has 0 atom stereocenters. The molecule has 0 aliphatic rings. The molecule has 0 saturated heterocycles. The molecule has 70 valence electrons. The lowest BCUT2D eigenvalue weighted by Crippen LogP contribution is -1.93. The highest BCUT2D eigenvalue weighted by atomic mass is 32.1. The second-order valence-corrected chi connectivity index (χ2v) is 3.96. The third-order valence-corrected chi connectivity index (χ3v) is 2.96. The van der Waals surface area contributed by atoms with Crippen LogP contribution < -0.4 is 5.73 Å². The van der Waals surface area contributed by atoms with Crippen molar-refractivity contribution in [1.82, 2.24) is 0 Å². The summed E-state index contributed by atoms with van der Waals surface area (Å²) in [5.74, 6) is 0. The lowest BCUT2D eigenvalue weighted by atomic mass is 10.1. The van der Waals surface area contributed by atoms with Gasteiger partial charge < -0.3 is 5.73 Å². The van der Waals surface area contributed by atoms with Crippen molar-refractivity contribution in [2.45, 2.75) is 6.42 Å². The van der Waals surface area contributed by atoms with Gasteiger partial charge in [-0.1, -0.05) is 0 Å². The number of fused-ring (bicyclic) bond motifs is 1. The van der Waals surface area contributed by atoms with E-state index in [0.717, 1.165) is 27.0 Å². The molecule has 0 bridgehead atoms. The molecule has 0 radical (unpaired) electrons. The molecule has 2 nitrogen and oxygen atoms in total. The molecular weight excluding hydrogens is 199 g/mol. The van der Waals surface area contributed by atoms with E-state index in [2.05, 4.69) is 0 Å². The van der Waals surface area contributed by atoms with Crippen molar-refractivity contribution >= 4 is 27.1 Å². The van der Waals surface area contributed by atoms with E-state index in [0.29, 0.717) is 5.69 Å². The van der Waals surface area contributed by atoms with Gasteiger partial charge in [0.1, 0.15) is 0 Å². The van der Waals surface area contributed by atoms with Crippen LogP contribution in [0, 0.1) is 16.5 Å². The minimum Gasteiger partial charge on any atom is -0.398 e. The Hall–Kier alpha value is -1.60. The fourth-order valence-corrected chi connectivity index (χ4v) is 2.25. The molecule has 4 heteroatoms. The van der Waals surface area contributed by atoms with E-state index < -0.39 is 0 Å². The van der Waals surface area contributed by atoms with Crippen LogP contribution in [0.25, 0.3) is 10.1 Å². The Balaban J connectivity index is 2.76. The number of hydrogen-bond acceptors (Lipinski definition) is 3. The summed E-state index contributed by atoms with van der Waals surface area (Å²) in [6.07, 6.45) is 0.222. The largest absolute Gasteiger partial charge is 0.398 e. The molecule has 1 heterocycles. The average molecular weight is 206 g/mol. The summed E-state index contributed by atoms with van der Waals surface area (Å²) < 4.78 is 13.8. The molecule has 1 aromatic heterocycles. The van der Waals surface area contributed by atoms with Crippen molar-refractivity contribution in [1.29, 1.82) is 5.26 Å². The number of thiophene rings is 1. The van der Waals surface area contributed by atoms with Gasteiger partial charge in [0.05, 0.1) is 12.5 Å². The zero-order valence-corrected chi connectivity index (χ0v) is 8.07. The number of nitrogen functional groups attached to an aromatic ring is 1. The van der Waals surface area contributed by atoms with E-state index in [1.807, 2.05) is 6.07 Å². The fraction of sp³-hybridized carbons (Fsp3) is 0.100. The van der Waals surface area contributed by atoms with Gasteiger partial charge in [0.25, 0.3) is 0 Å². The first-order valence-electron chi connectivity index (χ1n) is 4.05. The number of benzene rings is 1. The molecule has 14 heavy (non-hydrogen) atoms. The van der Waals surface area contributed by atoms with Crippen LogP contribution >= 0.6 is 11.3 Å². The van der Waals surface area contributed by atoms with Crippen LogP contribution in [0.3, 0.4) is 0 Å². The quantitative estimate of drug-likeness (QED) is 0.729. The number of halogens is 1. The van der Waals surface area contributed by atoms with E-state index in [4.69, 9.17) is 11.0 Å². The van der Waals surface area contributed by atoms with Gasteiger partial charge >= 0.3 is 0 Å². The van der Waals surface area contributed by atoms with Crippen molar-refractivity contribution < 1.29 is 4.39 Å². The zero-order chi connectivity index (χ0) is 10.1. The summed E-state index contributed by atoms with van der Waals surface area (Å²) in [5.41, 5.74) is 6.99. The van der Waals surface area contributed by atoms with Crippen LogP contribution in [0.4, 0.5) is 10.1 Å². The Labute approximate surface area is 84.4 Å². The first-order chi connectivity index (χ1) is 6.72. The maximum Gasteiger partial charge on any atom is 0.177 e. The van der Waals surface area contributed by atoms with Crippen LogP contribution in [-0.2, 0) is 6.42 Å². The maximum atomic E-state index is 13.0. The molecule has 0 aliphatic heterocycles. The first-order valence-corrected chi connectivity index (χ1v) is 4.87. The minimum atomic E-state index is -0.246. The Morgan fingerprint density at radius 2 is 2.29 bits per heavy atom. The van der Waals surface area contributed by atoms with Crippen LogP contribution in [0.15, 0.2) is 18.2 Å². The highest BCUT2D eigenvalue weighted by molar-refractivity contribution is 7.17. The lowest BCUT2D eigenvalue weighted by Gasteiger charge is -2.01. The highest BCUT2D eigenvalue weighted by Gasteiger charge is 2.08. The van der Waals surface area contributed by atoms with Crippen molar-refractivity contribution in [3.63, 3.8) is 0 Å². The summed E-state index contributed by atoms with van der Waals surface area (Å²) in [5, 5.41) is 9.13. The van der Waals surface area contributed by atoms with Crippen LogP contribution in [0.1, 0.15) is 5.56 Å². The highest BCUT2D eigenvalue weighted by Crippen LogP contribution is 2.30. The molecule has 2 N–H and O–H groups in total. The fourth-order valence-electron chi connectivity index (χ4n) is 1.43. The third-order valence-electron chi connectivity index (χ3n) is 2.07. The molecule has 0 unspecified atom stereocenters. The molecule has 0 fully saturated rings. The van der Waals surface area contributed by atoms with E-state index in [-0.39, 0.29) is 11.6 Å². The normalized spacial score (nSPS) is 10.3. The average Bonchev–Trinajstić information content (AvgIpc) is 2.51. The SMILES string of the molecule is N#CCc1c(N)ccc2sc(F)cc12. The zero-order valence-electron chi connectivity index (χ0n) is 7.25. The van der Waals surface area contributed by atoms with Gasteiger partial charge in [-0.15, -0.1) is 11.3 Å². The summed E-state index contributed by atoms with van der Waals surface area (Å²) in [6, 6.07) is 6.95. The Kier molecular flexibility index (Phi) is 2.10. The number of nitrogens with zero attached hydrogens (tertiary/aromatic N) is 1. The minimum absolute atomic E-state index is 0.222. The van der Waals surface area contributed by atoms with Crippen LogP contribution in [0.2, 0.25) is 0 Å². The Morgan fingerprint density at radius 3 is 3.00 bits per heavy atom. The monoisotopic (exact) mass is 206 g/mol. The summed E-state index contributed by atoms with van der Waals surface area (Å²) in [6.45, 7) is 0. The number of nitriles is 1. The van der Waals surface area contributed by atoms with Crippen molar-refractivity contribution in [2.75, 3.05) is 5.73 Å². The van der Waals surface area contributed by atoms with Gasteiger partial charge in [0.15, 0.2) is 5.13 Å². The molecule has 0 spiro atoms. The smallest absolute Gasteiger partial charge is 0.177 e. The van der Waals surface area contributed by atoms with E-state index in [9.17, 15) is 4.39 Å². The Morgan fingerprint density at radius 1 is 1.50 bits per heavy atom. The van der Waals surface area contributed by atoms with Crippen LogP contribution in [0.5, 0.6) is 0 Å². The summed E-state index contributed by atoms with van der Waals surface area (Å²) in [7, 11) is 0. The van der Waals surface area contributed by atoms with Crippen molar-refractivity contribution in [2.24, 2.45) is 0 Å². The number of hydrogen-bond donors (Lipinski definition) is 1. The topological polar surface area (TPSA) is 49.8 Å². The second-order valence-electron chi connectivity index (χ2n) is 2.93. The maximum absolute atomic E-state index is 13.0. The predicted molar refractivity (Wildman–Crippen MR) is 55.5 cm³/mol.